The van der Waals surface area contributed by atoms with Crippen LogP contribution in [0.5, 0.6) is 0 Å². The van der Waals surface area contributed by atoms with Crippen molar-refractivity contribution >= 4 is 35.0 Å². The zero-order valence-electron chi connectivity index (χ0n) is 21.3. The minimum absolute atomic E-state index is 0.320. The monoisotopic (exact) mass is 530 g/mol. The largest absolute Gasteiger partial charge is 0.393 e. The number of aliphatic hydroxyl groups excluding tert-OH is 2. The Morgan fingerprint density at radius 2 is 1.94 bits per heavy atom. The number of thioether (sulfide) groups is 1. The Hall–Kier alpha value is 0.0300. The lowest BCUT2D eigenvalue weighted by Crippen LogP contribution is -2.41. The molecule has 3 saturated carbocycles. The van der Waals surface area contributed by atoms with E-state index in [9.17, 15) is 15.3 Å². The van der Waals surface area contributed by atoms with E-state index < -0.39 is 22.1 Å². The molecule has 0 aromatic rings. The summed E-state index contributed by atoms with van der Waals surface area (Å²) in [5.74, 6) is 3.84. The highest BCUT2D eigenvalue weighted by Gasteiger charge is 2.50. The molecule has 0 amide bonds. The van der Waals surface area contributed by atoms with Crippen molar-refractivity contribution in [3.05, 3.63) is 35.5 Å². The molecule has 0 radical (unpaired) electrons. The Bertz CT molecular complexity index is 800. The maximum atomic E-state index is 10.2. The molecular weight excluding hydrogens is 487 g/mol. The first-order valence-corrected chi connectivity index (χ1v) is 14.8. The number of rotatable bonds is 8. The smallest absolute Gasteiger partial charge is 0.146 e. The molecule has 34 heavy (non-hydrogen) atoms. The van der Waals surface area contributed by atoms with Crippen LogP contribution in [0.2, 0.25) is 0 Å². The predicted octanol–water partition coefficient (Wildman–Crippen LogP) is 6.83. The molecule has 0 spiro atoms. The predicted molar refractivity (Wildman–Crippen MR) is 147 cm³/mol. The number of allylic oxidation sites excluding steroid dienone is 3. The third-order valence-corrected chi connectivity index (χ3v) is 11.4. The van der Waals surface area contributed by atoms with E-state index in [1.54, 1.807) is 13.8 Å². The quantitative estimate of drug-likeness (QED) is 0.237. The Morgan fingerprint density at radius 1 is 1.24 bits per heavy atom. The average Bonchev–Trinajstić information content (AvgIpc) is 3.09. The second-order valence-corrected chi connectivity index (χ2v) is 14.4. The Morgan fingerprint density at radius 3 is 2.62 bits per heavy atom. The second-order valence-electron chi connectivity index (χ2n) is 11.7. The van der Waals surface area contributed by atoms with Crippen molar-refractivity contribution in [2.24, 2.45) is 23.2 Å². The SMILES string of the molecule is C=C1/C(=C\C=C2/CCC[C@]3(C)[C@@H]([C@@H](C)CSCCC(Cl)(Cl)C(C)(C)O)CC[C@@H]23)C[C@@H](O)C[C@@H]1O. The van der Waals surface area contributed by atoms with Crippen molar-refractivity contribution in [3.63, 3.8) is 0 Å². The highest BCUT2D eigenvalue weighted by atomic mass is 35.5. The topological polar surface area (TPSA) is 60.7 Å². The van der Waals surface area contributed by atoms with Crippen LogP contribution >= 0.6 is 35.0 Å². The van der Waals surface area contributed by atoms with Gasteiger partial charge >= 0.3 is 0 Å². The number of hydrogen-bond donors (Lipinski definition) is 3. The van der Waals surface area contributed by atoms with E-state index in [0.29, 0.717) is 42.4 Å². The lowest BCUT2D eigenvalue weighted by atomic mass is 9.61. The van der Waals surface area contributed by atoms with Gasteiger partial charge in [0, 0.05) is 6.42 Å². The van der Waals surface area contributed by atoms with E-state index in [-0.39, 0.29) is 0 Å². The number of halogens is 2. The van der Waals surface area contributed by atoms with Gasteiger partial charge in [-0.1, -0.05) is 61.4 Å². The summed E-state index contributed by atoms with van der Waals surface area (Å²) in [5.41, 5.74) is 2.49. The van der Waals surface area contributed by atoms with Gasteiger partial charge in [-0.05, 0) is 105 Å². The van der Waals surface area contributed by atoms with Crippen LogP contribution in [0.15, 0.2) is 35.5 Å². The minimum Gasteiger partial charge on any atom is -0.393 e. The zero-order chi connectivity index (χ0) is 25.3. The summed E-state index contributed by atoms with van der Waals surface area (Å²) in [4.78, 5) is 0. The van der Waals surface area contributed by atoms with Crippen LogP contribution in [0.1, 0.15) is 79.1 Å². The molecule has 3 fully saturated rings. The summed E-state index contributed by atoms with van der Waals surface area (Å²) >= 11 is 14.6. The van der Waals surface area contributed by atoms with Gasteiger partial charge in [0.15, 0.2) is 0 Å². The molecule has 6 atom stereocenters. The van der Waals surface area contributed by atoms with Crippen LogP contribution in [0, 0.1) is 23.2 Å². The molecule has 0 heterocycles. The summed E-state index contributed by atoms with van der Waals surface area (Å²) < 4.78 is -1.12. The first kappa shape index (κ1) is 28.6. The van der Waals surface area contributed by atoms with Crippen LogP contribution in [0.4, 0.5) is 0 Å². The molecule has 0 aromatic heterocycles. The summed E-state index contributed by atoms with van der Waals surface area (Å²) in [5, 5.41) is 30.4. The van der Waals surface area contributed by atoms with E-state index in [1.807, 2.05) is 11.8 Å². The molecular formula is C28H44Cl2O3S. The minimum atomic E-state index is -1.12. The molecule has 0 bridgehead atoms. The van der Waals surface area contributed by atoms with Crippen LogP contribution < -0.4 is 0 Å². The molecule has 6 heteroatoms. The van der Waals surface area contributed by atoms with Gasteiger partial charge in [0.2, 0.25) is 0 Å². The van der Waals surface area contributed by atoms with E-state index >= 15 is 0 Å². The van der Waals surface area contributed by atoms with Gasteiger partial charge in [0.1, 0.15) is 4.33 Å². The maximum Gasteiger partial charge on any atom is 0.146 e. The van der Waals surface area contributed by atoms with Gasteiger partial charge in [0.05, 0.1) is 17.8 Å². The van der Waals surface area contributed by atoms with Crippen LogP contribution in [0.25, 0.3) is 0 Å². The average molecular weight is 532 g/mol. The van der Waals surface area contributed by atoms with Crippen LogP contribution in [-0.4, -0.2) is 49.0 Å². The Labute approximate surface area is 221 Å². The summed E-state index contributed by atoms with van der Waals surface area (Å²) in [6.07, 6.45) is 11.0. The van der Waals surface area contributed by atoms with Gasteiger partial charge in [-0.3, -0.25) is 0 Å². The third kappa shape index (κ3) is 6.29. The fraction of sp³-hybridized carbons (Fsp3) is 0.786. The number of fused-ring (bicyclic) bond motifs is 1. The highest BCUT2D eigenvalue weighted by molar-refractivity contribution is 7.99. The molecule has 0 unspecified atom stereocenters. The van der Waals surface area contributed by atoms with Crippen molar-refractivity contribution in [3.8, 4) is 0 Å². The standard InChI is InChI=1S/C28H44Cl2O3S/c1-18(17-34-14-13-28(29,30)26(3,4)33)23-10-11-24-20(7-6-12-27(23,24)5)8-9-21-15-22(31)16-25(32)19(21)2/h8-9,18,22-25,31-33H,2,6-7,10-17H2,1,3-5H3/b20-8+,21-9-/t18-,22+,23+,24-,25-,27+/m0/s1. The summed E-state index contributed by atoms with van der Waals surface area (Å²) in [6, 6.07) is 0. The maximum absolute atomic E-state index is 10.2. The molecule has 3 nitrogen and oxygen atoms in total. The van der Waals surface area contributed by atoms with E-state index in [0.717, 1.165) is 29.1 Å². The second kappa shape index (κ2) is 11.2. The number of hydrogen-bond acceptors (Lipinski definition) is 4. The zero-order valence-corrected chi connectivity index (χ0v) is 23.7. The van der Waals surface area contributed by atoms with Crippen molar-refractivity contribution in [1.29, 1.82) is 0 Å². The molecule has 3 N–H and O–H groups in total. The Balaban J connectivity index is 1.62. The van der Waals surface area contributed by atoms with Crippen molar-refractivity contribution in [2.75, 3.05) is 11.5 Å². The van der Waals surface area contributed by atoms with Crippen LogP contribution in [-0.2, 0) is 0 Å². The third-order valence-electron chi connectivity index (χ3n) is 8.83. The molecule has 3 rings (SSSR count). The van der Waals surface area contributed by atoms with Gasteiger partial charge < -0.3 is 15.3 Å². The van der Waals surface area contributed by atoms with Crippen LogP contribution in [0.3, 0.4) is 0 Å². The fourth-order valence-electron chi connectivity index (χ4n) is 6.57. The van der Waals surface area contributed by atoms with E-state index in [1.165, 1.54) is 31.3 Å². The number of aliphatic hydroxyl groups is 3. The molecule has 0 aliphatic heterocycles. The van der Waals surface area contributed by atoms with Gasteiger partial charge in [-0.15, -0.1) is 0 Å². The van der Waals surface area contributed by atoms with Gasteiger partial charge in [-0.25, -0.2) is 0 Å². The molecule has 3 aliphatic rings. The fourth-order valence-corrected chi connectivity index (χ4v) is 8.21. The molecule has 0 aromatic carbocycles. The number of alkyl halides is 2. The molecule has 0 saturated heterocycles. The van der Waals surface area contributed by atoms with Gasteiger partial charge in [-0.2, -0.15) is 11.8 Å². The van der Waals surface area contributed by atoms with Gasteiger partial charge in [0.25, 0.3) is 0 Å². The normalized spacial score (nSPS) is 36.2. The Kier molecular flexibility index (Phi) is 9.41. The van der Waals surface area contributed by atoms with Crippen molar-refractivity contribution in [2.45, 2.75) is 101 Å². The first-order chi connectivity index (χ1) is 15.8. The van der Waals surface area contributed by atoms with E-state index in [2.05, 4.69) is 32.6 Å². The molecule has 194 valence electrons. The van der Waals surface area contributed by atoms with E-state index in [4.69, 9.17) is 23.2 Å². The summed E-state index contributed by atoms with van der Waals surface area (Å²) in [7, 11) is 0. The highest BCUT2D eigenvalue weighted by Crippen LogP contribution is 2.59. The lowest BCUT2D eigenvalue weighted by Gasteiger charge is -2.44. The first-order valence-electron chi connectivity index (χ1n) is 12.9. The lowest BCUT2D eigenvalue weighted by molar-refractivity contribution is 0.0609. The molecule has 3 aliphatic carbocycles. The van der Waals surface area contributed by atoms with Crippen molar-refractivity contribution in [1.82, 2.24) is 0 Å². The van der Waals surface area contributed by atoms with Crippen molar-refractivity contribution < 1.29 is 15.3 Å². The summed E-state index contributed by atoms with van der Waals surface area (Å²) in [6.45, 7) is 12.3.